The molecule has 0 amide bonds. The summed E-state index contributed by atoms with van der Waals surface area (Å²) in [5.74, 6) is 0.801. The van der Waals surface area contributed by atoms with Crippen LogP contribution in [0.25, 0.3) is 0 Å². The van der Waals surface area contributed by atoms with Crippen LogP contribution in [0.3, 0.4) is 0 Å². The molecule has 1 rings (SSSR count). The number of aliphatic hydroxyl groups excluding tert-OH is 1. The van der Waals surface area contributed by atoms with E-state index in [2.05, 4.69) is 29.4 Å². The van der Waals surface area contributed by atoms with Gasteiger partial charge in [-0.3, -0.25) is 0 Å². The Kier molecular flexibility index (Phi) is 4.49. The normalized spacial score (nSPS) is 11.4. The lowest BCUT2D eigenvalue weighted by Gasteiger charge is -2.24. The lowest BCUT2D eigenvalue weighted by molar-refractivity contribution is 0.248. The molecule has 84 valence electrons. The number of hydrogen-bond donors (Lipinski definition) is 2. The average Bonchev–Trinajstić information content (AvgIpc) is 2.25. The van der Waals surface area contributed by atoms with E-state index >= 15 is 0 Å². The first-order valence-electron chi connectivity index (χ1n) is 5.26. The molecule has 0 fully saturated rings. The molecular formula is C11H19N3O. The molecule has 4 nitrogen and oxygen atoms in total. The van der Waals surface area contributed by atoms with Gasteiger partial charge in [-0.25, -0.2) is 0 Å². The van der Waals surface area contributed by atoms with Crippen LogP contribution in [-0.4, -0.2) is 28.5 Å². The standard InChI is InChI=1S/C11H19N3O/c1-11(2,6-4-8-15)9-12-10-5-3-7-13-14-10/h3,5,7,15H,4,6,8-9H2,1-2H3,(H,12,14). The Hall–Kier alpha value is -1.16. The van der Waals surface area contributed by atoms with Crippen molar-refractivity contribution in [3.63, 3.8) is 0 Å². The van der Waals surface area contributed by atoms with Gasteiger partial charge in [-0.1, -0.05) is 13.8 Å². The van der Waals surface area contributed by atoms with Crippen molar-refractivity contribution in [1.82, 2.24) is 10.2 Å². The number of rotatable bonds is 6. The molecule has 0 unspecified atom stereocenters. The van der Waals surface area contributed by atoms with Crippen molar-refractivity contribution in [3.05, 3.63) is 18.3 Å². The second-order valence-corrected chi connectivity index (χ2v) is 4.45. The maximum Gasteiger partial charge on any atom is 0.148 e. The molecule has 0 atom stereocenters. The van der Waals surface area contributed by atoms with Crippen LogP contribution in [0.5, 0.6) is 0 Å². The molecule has 15 heavy (non-hydrogen) atoms. The van der Waals surface area contributed by atoms with Crippen molar-refractivity contribution in [1.29, 1.82) is 0 Å². The molecule has 0 saturated heterocycles. The number of nitrogens with one attached hydrogen (secondary N) is 1. The van der Waals surface area contributed by atoms with Gasteiger partial charge in [-0.15, -0.1) is 5.10 Å². The smallest absolute Gasteiger partial charge is 0.148 e. The number of aromatic nitrogens is 2. The zero-order chi connectivity index (χ0) is 11.1. The lowest BCUT2D eigenvalue weighted by Crippen LogP contribution is -2.23. The van der Waals surface area contributed by atoms with Crippen LogP contribution in [0.1, 0.15) is 26.7 Å². The summed E-state index contributed by atoms with van der Waals surface area (Å²) < 4.78 is 0. The minimum atomic E-state index is 0.167. The maximum atomic E-state index is 8.77. The van der Waals surface area contributed by atoms with Gasteiger partial charge in [-0.2, -0.15) is 5.10 Å². The molecule has 0 aromatic carbocycles. The zero-order valence-corrected chi connectivity index (χ0v) is 9.40. The van der Waals surface area contributed by atoms with Gasteiger partial charge in [0.2, 0.25) is 0 Å². The van der Waals surface area contributed by atoms with Crippen LogP contribution >= 0.6 is 0 Å². The highest BCUT2D eigenvalue weighted by molar-refractivity contribution is 5.31. The molecule has 1 heterocycles. The Morgan fingerprint density at radius 3 is 2.87 bits per heavy atom. The highest BCUT2D eigenvalue weighted by Crippen LogP contribution is 2.22. The summed E-state index contributed by atoms with van der Waals surface area (Å²) in [6.07, 6.45) is 3.49. The van der Waals surface area contributed by atoms with Gasteiger partial charge >= 0.3 is 0 Å². The third-order valence-electron chi connectivity index (χ3n) is 2.33. The highest BCUT2D eigenvalue weighted by Gasteiger charge is 2.16. The first-order valence-corrected chi connectivity index (χ1v) is 5.26. The van der Waals surface area contributed by atoms with Gasteiger partial charge < -0.3 is 10.4 Å². The predicted molar refractivity (Wildman–Crippen MR) is 60.6 cm³/mol. The Labute approximate surface area is 90.7 Å². The average molecular weight is 209 g/mol. The minimum Gasteiger partial charge on any atom is -0.396 e. The van der Waals surface area contributed by atoms with Crippen molar-refractivity contribution in [2.45, 2.75) is 26.7 Å². The summed E-state index contributed by atoms with van der Waals surface area (Å²) in [6.45, 7) is 5.44. The van der Waals surface area contributed by atoms with Crippen LogP contribution in [0, 0.1) is 5.41 Å². The molecule has 4 heteroatoms. The van der Waals surface area contributed by atoms with Gasteiger partial charge in [0.05, 0.1) is 0 Å². The van der Waals surface area contributed by atoms with E-state index in [1.165, 1.54) is 0 Å². The fraction of sp³-hybridized carbons (Fsp3) is 0.636. The molecule has 2 N–H and O–H groups in total. The predicted octanol–water partition coefficient (Wildman–Crippen LogP) is 1.69. The molecule has 1 aromatic rings. The van der Waals surface area contributed by atoms with Crippen LogP contribution < -0.4 is 5.32 Å². The first-order chi connectivity index (χ1) is 7.14. The lowest BCUT2D eigenvalue weighted by atomic mass is 9.88. The molecule has 0 aliphatic rings. The monoisotopic (exact) mass is 209 g/mol. The summed E-state index contributed by atoms with van der Waals surface area (Å²) in [5.41, 5.74) is 0.167. The summed E-state index contributed by atoms with van der Waals surface area (Å²) in [5, 5.41) is 19.8. The van der Waals surface area contributed by atoms with E-state index in [9.17, 15) is 0 Å². The molecule has 0 saturated carbocycles. The van der Waals surface area contributed by atoms with E-state index in [4.69, 9.17) is 5.11 Å². The highest BCUT2D eigenvalue weighted by atomic mass is 16.2. The Bertz CT molecular complexity index is 274. The number of hydrogen-bond acceptors (Lipinski definition) is 4. The second kappa shape index (κ2) is 5.66. The van der Waals surface area contributed by atoms with E-state index in [1.54, 1.807) is 6.20 Å². The van der Waals surface area contributed by atoms with E-state index in [0.29, 0.717) is 0 Å². The quantitative estimate of drug-likeness (QED) is 0.748. The zero-order valence-electron chi connectivity index (χ0n) is 9.40. The van der Waals surface area contributed by atoms with E-state index < -0.39 is 0 Å². The third-order valence-corrected chi connectivity index (χ3v) is 2.33. The largest absolute Gasteiger partial charge is 0.396 e. The van der Waals surface area contributed by atoms with Crippen molar-refractivity contribution in [2.24, 2.45) is 5.41 Å². The topological polar surface area (TPSA) is 58.0 Å². The molecule has 0 bridgehead atoms. The van der Waals surface area contributed by atoms with Crippen molar-refractivity contribution in [2.75, 3.05) is 18.5 Å². The number of nitrogens with zero attached hydrogens (tertiary/aromatic N) is 2. The SMILES string of the molecule is CC(C)(CCCO)CNc1cccnn1. The number of aliphatic hydroxyl groups is 1. The van der Waals surface area contributed by atoms with Crippen LogP contribution in [0.2, 0.25) is 0 Å². The first kappa shape index (κ1) is 11.9. The fourth-order valence-electron chi connectivity index (χ4n) is 1.37. The van der Waals surface area contributed by atoms with Crippen molar-refractivity contribution < 1.29 is 5.11 Å². The Morgan fingerprint density at radius 2 is 2.27 bits per heavy atom. The number of anilines is 1. The van der Waals surface area contributed by atoms with E-state index in [-0.39, 0.29) is 12.0 Å². The molecular weight excluding hydrogens is 190 g/mol. The summed E-state index contributed by atoms with van der Waals surface area (Å²) in [7, 11) is 0. The van der Waals surface area contributed by atoms with Crippen molar-refractivity contribution >= 4 is 5.82 Å². The Balaban J connectivity index is 2.35. The Morgan fingerprint density at radius 1 is 1.47 bits per heavy atom. The van der Waals surface area contributed by atoms with Crippen molar-refractivity contribution in [3.8, 4) is 0 Å². The van der Waals surface area contributed by atoms with Gasteiger partial charge in [0.25, 0.3) is 0 Å². The second-order valence-electron chi connectivity index (χ2n) is 4.45. The van der Waals surface area contributed by atoms with Gasteiger partial charge in [0, 0.05) is 19.3 Å². The summed E-state index contributed by atoms with van der Waals surface area (Å²) >= 11 is 0. The fourth-order valence-corrected chi connectivity index (χ4v) is 1.37. The molecule has 1 aromatic heterocycles. The molecule has 0 radical (unpaired) electrons. The third kappa shape index (κ3) is 4.74. The van der Waals surface area contributed by atoms with E-state index in [0.717, 1.165) is 25.2 Å². The van der Waals surface area contributed by atoms with Crippen LogP contribution in [0.15, 0.2) is 18.3 Å². The summed E-state index contributed by atoms with van der Waals surface area (Å²) in [6, 6.07) is 3.76. The van der Waals surface area contributed by atoms with Gasteiger partial charge in [0.15, 0.2) is 0 Å². The van der Waals surface area contributed by atoms with Crippen LogP contribution in [-0.2, 0) is 0 Å². The molecule has 0 aliphatic heterocycles. The van der Waals surface area contributed by atoms with Crippen LogP contribution in [0.4, 0.5) is 5.82 Å². The molecule has 0 spiro atoms. The summed E-state index contributed by atoms with van der Waals surface area (Å²) in [4.78, 5) is 0. The minimum absolute atomic E-state index is 0.167. The van der Waals surface area contributed by atoms with Gasteiger partial charge in [0.1, 0.15) is 5.82 Å². The van der Waals surface area contributed by atoms with Gasteiger partial charge in [-0.05, 0) is 30.4 Å². The van der Waals surface area contributed by atoms with E-state index in [1.807, 2.05) is 12.1 Å². The maximum absolute atomic E-state index is 8.77. The molecule has 0 aliphatic carbocycles.